The molecule has 1 rings (SSSR count). The smallest absolute Gasteiger partial charge is 0.220 e. The predicted octanol–water partition coefficient (Wildman–Crippen LogP) is 4.28. The Labute approximate surface area is 133 Å². The first kappa shape index (κ1) is 17.8. The number of benzene rings is 1. The van der Waals surface area contributed by atoms with Crippen LogP contribution < -0.4 is 10.1 Å². The maximum atomic E-state index is 11.6. The number of rotatable bonds is 11. The standard InChI is InChI=1S/C17H26ClNO2/c1-2-3-4-7-13-21-16-10-6-5-9-15(16)14-19-17(20)11-8-12-18/h5-6,9-10H,2-4,7-8,11-14H2,1H3,(H,19,20). The van der Waals surface area contributed by atoms with Gasteiger partial charge in [-0.05, 0) is 18.9 Å². The maximum Gasteiger partial charge on any atom is 0.220 e. The normalized spacial score (nSPS) is 10.4. The second-order valence-electron chi connectivity index (χ2n) is 5.09. The molecule has 0 saturated carbocycles. The van der Waals surface area contributed by atoms with E-state index in [0.717, 1.165) is 24.3 Å². The predicted molar refractivity (Wildman–Crippen MR) is 87.9 cm³/mol. The minimum absolute atomic E-state index is 0.0356. The second-order valence-corrected chi connectivity index (χ2v) is 5.46. The quantitative estimate of drug-likeness (QED) is 0.489. The number of halogens is 1. The number of alkyl halides is 1. The van der Waals surface area contributed by atoms with E-state index in [1.54, 1.807) is 0 Å². The van der Waals surface area contributed by atoms with Gasteiger partial charge in [0.15, 0.2) is 0 Å². The van der Waals surface area contributed by atoms with Crippen molar-refractivity contribution in [1.82, 2.24) is 5.32 Å². The van der Waals surface area contributed by atoms with Crippen LogP contribution in [0.25, 0.3) is 0 Å². The van der Waals surface area contributed by atoms with Crippen LogP contribution in [0.5, 0.6) is 5.75 Å². The molecule has 0 atom stereocenters. The molecule has 0 saturated heterocycles. The molecule has 1 amide bonds. The molecule has 0 aliphatic carbocycles. The van der Waals surface area contributed by atoms with Crippen molar-refractivity contribution < 1.29 is 9.53 Å². The van der Waals surface area contributed by atoms with Gasteiger partial charge in [-0.25, -0.2) is 0 Å². The van der Waals surface area contributed by atoms with E-state index < -0.39 is 0 Å². The third-order valence-electron chi connectivity index (χ3n) is 3.24. The fourth-order valence-corrected chi connectivity index (χ4v) is 2.14. The topological polar surface area (TPSA) is 38.3 Å². The summed E-state index contributed by atoms with van der Waals surface area (Å²) in [4.78, 5) is 11.6. The van der Waals surface area contributed by atoms with E-state index in [-0.39, 0.29) is 5.91 Å². The number of amides is 1. The third-order valence-corrected chi connectivity index (χ3v) is 3.51. The molecule has 1 N–H and O–H groups in total. The van der Waals surface area contributed by atoms with E-state index >= 15 is 0 Å². The number of unbranched alkanes of at least 4 members (excludes halogenated alkanes) is 3. The summed E-state index contributed by atoms with van der Waals surface area (Å²) in [6.07, 6.45) is 5.94. The number of ether oxygens (including phenoxy) is 1. The van der Waals surface area contributed by atoms with Gasteiger partial charge in [0, 0.05) is 24.4 Å². The SMILES string of the molecule is CCCCCCOc1ccccc1CNC(=O)CCCCl. The largest absolute Gasteiger partial charge is 0.493 e. The highest BCUT2D eigenvalue weighted by atomic mass is 35.5. The number of nitrogens with one attached hydrogen (secondary N) is 1. The first-order chi connectivity index (χ1) is 10.3. The van der Waals surface area contributed by atoms with Crippen LogP contribution in [0, 0.1) is 0 Å². The molecule has 0 spiro atoms. The average molecular weight is 312 g/mol. The van der Waals surface area contributed by atoms with Gasteiger partial charge in [0.1, 0.15) is 5.75 Å². The lowest BCUT2D eigenvalue weighted by Gasteiger charge is -2.12. The van der Waals surface area contributed by atoms with Crippen LogP contribution in [0.4, 0.5) is 0 Å². The van der Waals surface area contributed by atoms with Crippen LogP contribution in [-0.2, 0) is 11.3 Å². The summed E-state index contributed by atoms with van der Waals surface area (Å²) in [6.45, 7) is 3.44. The van der Waals surface area contributed by atoms with Crippen LogP contribution in [-0.4, -0.2) is 18.4 Å². The minimum atomic E-state index is 0.0356. The molecule has 3 nitrogen and oxygen atoms in total. The Morgan fingerprint density at radius 3 is 2.76 bits per heavy atom. The van der Waals surface area contributed by atoms with Crippen molar-refractivity contribution in [2.45, 2.75) is 52.0 Å². The van der Waals surface area contributed by atoms with E-state index in [1.165, 1.54) is 19.3 Å². The Morgan fingerprint density at radius 1 is 1.19 bits per heavy atom. The van der Waals surface area contributed by atoms with E-state index in [1.807, 2.05) is 24.3 Å². The third kappa shape index (κ3) is 7.96. The highest BCUT2D eigenvalue weighted by Crippen LogP contribution is 2.18. The molecule has 0 aliphatic heterocycles. The maximum absolute atomic E-state index is 11.6. The van der Waals surface area contributed by atoms with E-state index in [9.17, 15) is 4.79 Å². The number of para-hydroxylation sites is 1. The lowest BCUT2D eigenvalue weighted by atomic mass is 10.2. The van der Waals surface area contributed by atoms with Crippen LogP contribution in [0.2, 0.25) is 0 Å². The highest BCUT2D eigenvalue weighted by molar-refractivity contribution is 6.17. The zero-order valence-electron chi connectivity index (χ0n) is 12.9. The summed E-state index contributed by atoms with van der Waals surface area (Å²) in [5.74, 6) is 1.42. The molecule has 0 unspecified atom stereocenters. The number of carbonyl (C=O) groups excluding carboxylic acids is 1. The zero-order valence-corrected chi connectivity index (χ0v) is 13.6. The summed E-state index contributed by atoms with van der Waals surface area (Å²) in [5.41, 5.74) is 1.02. The molecule has 0 bridgehead atoms. The van der Waals surface area contributed by atoms with Crippen molar-refractivity contribution in [3.05, 3.63) is 29.8 Å². The molecule has 4 heteroatoms. The van der Waals surface area contributed by atoms with Gasteiger partial charge in [-0.2, -0.15) is 0 Å². The summed E-state index contributed by atoms with van der Waals surface area (Å²) in [6, 6.07) is 7.87. The monoisotopic (exact) mass is 311 g/mol. The summed E-state index contributed by atoms with van der Waals surface area (Å²) in [7, 11) is 0. The summed E-state index contributed by atoms with van der Waals surface area (Å²) < 4.78 is 5.82. The van der Waals surface area contributed by atoms with Crippen molar-refractivity contribution in [2.75, 3.05) is 12.5 Å². The van der Waals surface area contributed by atoms with E-state index in [4.69, 9.17) is 16.3 Å². The molecule has 0 heterocycles. The molecule has 0 aromatic heterocycles. The number of hydrogen-bond acceptors (Lipinski definition) is 2. The van der Waals surface area contributed by atoms with Gasteiger partial charge >= 0.3 is 0 Å². The molecule has 1 aromatic carbocycles. The van der Waals surface area contributed by atoms with Gasteiger partial charge in [-0.3, -0.25) is 4.79 Å². The summed E-state index contributed by atoms with van der Waals surface area (Å²) in [5, 5.41) is 2.91. The van der Waals surface area contributed by atoms with Crippen molar-refractivity contribution >= 4 is 17.5 Å². The molecule has 0 aliphatic rings. The van der Waals surface area contributed by atoms with Crippen LogP contribution >= 0.6 is 11.6 Å². The molecule has 21 heavy (non-hydrogen) atoms. The van der Waals surface area contributed by atoms with Crippen LogP contribution in [0.1, 0.15) is 51.0 Å². The Hall–Kier alpha value is -1.22. The second kappa shape index (κ2) is 11.4. The van der Waals surface area contributed by atoms with Gasteiger partial charge in [-0.15, -0.1) is 11.6 Å². The summed E-state index contributed by atoms with van der Waals surface area (Å²) >= 11 is 5.58. The molecule has 0 fully saturated rings. The van der Waals surface area contributed by atoms with Crippen molar-refractivity contribution in [3.8, 4) is 5.75 Å². The van der Waals surface area contributed by atoms with Crippen LogP contribution in [0.15, 0.2) is 24.3 Å². The molecule has 0 radical (unpaired) electrons. The van der Waals surface area contributed by atoms with Crippen molar-refractivity contribution in [1.29, 1.82) is 0 Å². The van der Waals surface area contributed by atoms with Gasteiger partial charge in [0.25, 0.3) is 0 Å². The zero-order chi connectivity index (χ0) is 15.3. The molecule has 1 aromatic rings. The fraction of sp³-hybridized carbons (Fsp3) is 0.588. The number of carbonyl (C=O) groups is 1. The minimum Gasteiger partial charge on any atom is -0.493 e. The molecule has 118 valence electrons. The lowest BCUT2D eigenvalue weighted by Crippen LogP contribution is -2.22. The van der Waals surface area contributed by atoms with Crippen LogP contribution in [0.3, 0.4) is 0 Å². The number of hydrogen-bond donors (Lipinski definition) is 1. The Morgan fingerprint density at radius 2 is 2.00 bits per heavy atom. The Balaban J connectivity index is 2.38. The Kier molecular flexibility index (Phi) is 9.71. The first-order valence-corrected chi connectivity index (χ1v) is 8.34. The fourth-order valence-electron chi connectivity index (χ4n) is 2.01. The first-order valence-electron chi connectivity index (χ1n) is 7.81. The molecular formula is C17H26ClNO2. The lowest BCUT2D eigenvalue weighted by molar-refractivity contribution is -0.121. The van der Waals surface area contributed by atoms with Gasteiger partial charge in [0.2, 0.25) is 5.91 Å². The van der Waals surface area contributed by atoms with Gasteiger partial charge in [0.05, 0.1) is 6.61 Å². The molecular weight excluding hydrogens is 286 g/mol. The van der Waals surface area contributed by atoms with Crippen molar-refractivity contribution in [3.63, 3.8) is 0 Å². The Bertz CT molecular complexity index is 410. The average Bonchev–Trinajstić information content (AvgIpc) is 2.51. The van der Waals surface area contributed by atoms with E-state index in [2.05, 4.69) is 12.2 Å². The van der Waals surface area contributed by atoms with Gasteiger partial charge < -0.3 is 10.1 Å². The van der Waals surface area contributed by atoms with Gasteiger partial charge in [-0.1, -0.05) is 44.4 Å². The highest BCUT2D eigenvalue weighted by Gasteiger charge is 2.05. The van der Waals surface area contributed by atoms with E-state index in [0.29, 0.717) is 25.3 Å². The van der Waals surface area contributed by atoms with Crippen molar-refractivity contribution in [2.24, 2.45) is 0 Å².